The Kier molecular flexibility index (Phi) is 3.42. The number of benzene rings is 1. The number of nitrogen functional groups attached to an aromatic ring is 1. The molecule has 2 atom stereocenters. The topological polar surface area (TPSA) is 75.4 Å². The van der Waals surface area contributed by atoms with Crippen LogP contribution in [0.4, 0.5) is 5.69 Å². The second kappa shape index (κ2) is 5.09. The minimum Gasteiger partial charge on any atom is -0.399 e. The zero-order valence-corrected chi connectivity index (χ0v) is 11.6. The van der Waals surface area contributed by atoms with Gasteiger partial charge in [-0.2, -0.15) is 0 Å². The van der Waals surface area contributed by atoms with E-state index in [2.05, 4.69) is 5.32 Å². The van der Waals surface area contributed by atoms with Crippen molar-refractivity contribution in [2.75, 3.05) is 5.73 Å². The third-order valence-electron chi connectivity index (χ3n) is 4.69. The summed E-state index contributed by atoms with van der Waals surface area (Å²) in [5, 5.41) is 13.0. The Morgan fingerprint density at radius 1 is 1.20 bits per heavy atom. The molecule has 4 heteroatoms. The van der Waals surface area contributed by atoms with Crippen LogP contribution in [0.5, 0.6) is 0 Å². The third-order valence-corrected chi connectivity index (χ3v) is 4.69. The summed E-state index contributed by atoms with van der Waals surface area (Å²) in [6.07, 6.45) is 5.17. The molecule has 0 aliphatic heterocycles. The molecule has 4 N–H and O–H groups in total. The monoisotopic (exact) mass is 274 g/mol. The van der Waals surface area contributed by atoms with Crippen LogP contribution in [-0.4, -0.2) is 23.2 Å². The van der Waals surface area contributed by atoms with Crippen molar-refractivity contribution in [3.05, 3.63) is 29.8 Å². The Morgan fingerprint density at radius 3 is 2.45 bits per heavy atom. The summed E-state index contributed by atoms with van der Waals surface area (Å²) in [4.78, 5) is 12.6. The quantitative estimate of drug-likeness (QED) is 0.735. The molecular formula is C16H22N2O2. The molecule has 2 aliphatic rings. The molecule has 2 unspecified atom stereocenters. The summed E-state index contributed by atoms with van der Waals surface area (Å²) in [6, 6.07) is 7.50. The van der Waals surface area contributed by atoms with E-state index < -0.39 is 6.10 Å². The van der Waals surface area contributed by atoms with Gasteiger partial charge in [0.1, 0.15) is 0 Å². The molecule has 2 fully saturated rings. The van der Waals surface area contributed by atoms with Gasteiger partial charge in [0.05, 0.1) is 17.6 Å². The maximum Gasteiger partial charge on any atom is 0.230 e. The lowest BCUT2D eigenvalue weighted by Gasteiger charge is -2.30. The van der Waals surface area contributed by atoms with Crippen molar-refractivity contribution in [2.24, 2.45) is 0 Å². The van der Waals surface area contributed by atoms with E-state index in [-0.39, 0.29) is 17.4 Å². The van der Waals surface area contributed by atoms with Crippen LogP contribution >= 0.6 is 0 Å². The number of rotatable bonds is 3. The van der Waals surface area contributed by atoms with E-state index in [4.69, 9.17) is 5.73 Å². The second-order valence-electron chi connectivity index (χ2n) is 6.14. The largest absolute Gasteiger partial charge is 0.399 e. The first-order chi connectivity index (χ1) is 9.62. The highest BCUT2D eigenvalue weighted by Crippen LogP contribution is 2.48. The van der Waals surface area contributed by atoms with E-state index >= 15 is 0 Å². The van der Waals surface area contributed by atoms with Gasteiger partial charge in [-0.05, 0) is 43.4 Å². The van der Waals surface area contributed by atoms with Crippen molar-refractivity contribution in [1.82, 2.24) is 5.32 Å². The molecule has 0 bridgehead atoms. The Hall–Kier alpha value is -1.55. The number of anilines is 1. The van der Waals surface area contributed by atoms with E-state index in [1.165, 1.54) is 0 Å². The van der Waals surface area contributed by atoms with Crippen molar-refractivity contribution in [1.29, 1.82) is 0 Å². The Balaban J connectivity index is 1.71. The molecule has 0 aromatic heterocycles. The van der Waals surface area contributed by atoms with Crippen LogP contribution in [0.3, 0.4) is 0 Å². The second-order valence-corrected chi connectivity index (χ2v) is 6.14. The maximum absolute atomic E-state index is 12.6. The first kappa shape index (κ1) is 13.4. The van der Waals surface area contributed by atoms with Crippen LogP contribution in [-0.2, 0) is 10.2 Å². The van der Waals surface area contributed by atoms with E-state index in [1.54, 1.807) is 0 Å². The molecule has 1 aromatic rings. The summed E-state index contributed by atoms with van der Waals surface area (Å²) < 4.78 is 0. The molecule has 2 saturated carbocycles. The molecule has 20 heavy (non-hydrogen) atoms. The Bertz CT molecular complexity index is 494. The number of carbonyl (C=O) groups is 1. The maximum atomic E-state index is 12.6. The summed E-state index contributed by atoms with van der Waals surface area (Å²) in [7, 11) is 0. The summed E-state index contributed by atoms with van der Waals surface area (Å²) in [5.41, 5.74) is 7.07. The first-order valence-electron chi connectivity index (χ1n) is 7.47. The lowest BCUT2D eigenvalue weighted by atomic mass is 9.90. The third kappa shape index (κ3) is 2.40. The fourth-order valence-electron chi connectivity index (χ4n) is 3.16. The normalized spacial score (nSPS) is 27.9. The average Bonchev–Trinajstić information content (AvgIpc) is 3.24. The summed E-state index contributed by atoms with van der Waals surface area (Å²) >= 11 is 0. The average molecular weight is 274 g/mol. The highest BCUT2D eigenvalue weighted by Gasteiger charge is 2.51. The van der Waals surface area contributed by atoms with Gasteiger partial charge in [0.15, 0.2) is 0 Å². The van der Waals surface area contributed by atoms with Crippen molar-refractivity contribution in [3.63, 3.8) is 0 Å². The number of carbonyl (C=O) groups excluding carboxylic acids is 1. The van der Waals surface area contributed by atoms with Gasteiger partial charge in [0.25, 0.3) is 0 Å². The van der Waals surface area contributed by atoms with Gasteiger partial charge in [-0.25, -0.2) is 0 Å². The lowest BCUT2D eigenvalue weighted by molar-refractivity contribution is -0.125. The zero-order valence-electron chi connectivity index (χ0n) is 11.6. The Morgan fingerprint density at radius 2 is 1.85 bits per heavy atom. The Labute approximate surface area is 119 Å². The smallest absolute Gasteiger partial charge is 0.230 e. The highest BCUT2D eigenvalue weighted by atomic mass is 16.3. The molecule has 0 saturated heterocycles. The molecule has 0 radical (unpaired) electrons. The van der Waals surface area contributed by atoms with Crippen LogP contribution < -0.4 is 11.1 Å². The van der Waals surface area contributed by atoms with Gasteiger partial charge in [-0.3, -0.25) is 4.79 Å². The molecule has 1 aromatic carbocycles. The van der Waals surface area contributed by atoms with Crippen LogP contribution in [0.25, 0.3) is 0 Å². The SMILES string of the molecule is Nc1ccc(C2(C(=O)NC3CCCCC3O)CC2)cc1. The van der Waals surface area contributed by atoms with Crippen molar-refractivity contribution in [2.45, 2.75) is 56.1 Å². The molecule has 3 rings (SSSR count). The van der Waals surface area contributed by atoms with Crippen LogP contribution in [0.1, 0.15) is 44.1 Å². The number of nitrogens with two attached hydrogens (primary N) is 1. The number of nitrogens with one attached hydrogen (secondary N) is 1. The van der Waals surface area contributed by atoms with Gasteiger partial charge >= 0.3 is 0 Å². The highest BCUT2D eigenvalue weighted by molar-refractivity contribution is 5.91. The van der Waals surface area contributed by atoms with Crippen molar-refractivity contribution >= 4 is 11.6 Å². The number of hydrogen-bond donors (Lipinski definition) is 3. The van der Waals surface area contributed by atoms with Gasteiger partial charge in [0, 0.05) is 5.69 Å². The van der Waals surface area contributed by atoms with Crippen molar-refractivity contribution < 1.29 is 9.90 Å². The first-order valence-corrected chi connectivity index (χ1v) is 7.47. The molecule has 0 spiro atoms. The van der Waals surface area contributed by atoms with E-state index in [9.17, 15) is 9.90 Å². The van der Waals surface area contributed by atoms with E-state index in [1.807, 2.05) is 24.3 Å². The molecular weight excluding hydrogens is 252 g/mol. The van der Waals surface area contributed by atoms with Gasteiger partial charge in [0.2, 0.25) is 5.91 Å². The predicted molar refractivity (Wildman–Crippen MR) is 78.2 cm³/mol. The molecule has 4 nitrogen and oxygen atoms in total. The summed E-state index contributed by atoms with van der Waals surface area (Å²) in [6.45, 7) is 0. The van der Waals surface area contributed by atoms with E-state index in [0.717, 1.165) is 44.1 Å². The van der Waals surface area contributed by atoms with Crippen LogP contribution in [0.15, 0.2) is 24.3 Å². The molecule has 108 valence electrons. The van der Waals surface area contributed by atoms with Gasteiger partial charge in [-0.15, -0.1) is 0 Å². The van der Waals surface area contributed by atoms with Crippen LogP contribution in [0, 0.1) is 0 Å². The number of aliphatic hydroxyl groups excluding tert-OH is 1. The number of hydrogen-bond acceptors (Lipinski definition) is 3. The fraction of sp³-hybridized carbons (Fsp3) is 0.562. The fourth-order valence-corrected chi connectivity index (χ4v) is 3.16. The van der Waals surface area contributed by atoms with Crippen molar-refractivity contribution in [3.8, 4) is 0 Å². The van der Waals surface area contributed by atoms with Gasteiger partial charge in [-0.1, -0.05) is 25.0 Å². The predicted octanol–water partition coefficient (Wildman–Crippen LogP) is 1.72. The minimum atomic E-state index is -0.394. The number of aliphatic hydroxyl groups is 1. The van der Waals surface area contributed by atoms with Crippen LogP contribution in [0.2, 0.25) is 0 Å². The zero-order chi connectivity index (χ0) is 14.2. The summed E-state index contributed by atoms with van der Waals surface area (Å²) in [5.74, 6) is 0.0632. The number of amides is 1. The standard InChI is InChI=1S/C16H22N2O2/c17-12-7-5-11(6-8-12)16(9-10-16)15(20)18-13-3-1-2-4-14(13)19/h5-8,13-14,19H,1-4,9-10,17H2,(H,18,20). The minimum absolute atomic E-state index is 0.0632. The molecule has 2 aliphatic carbocycles. The van der Waals surface area contributed by atoms with Gasteiger partial charge < -0.3 is 16.2 Å². The van der Waals surface area contributed by atoms with E-state index in [0.29, 0.717) is 5.69 Å². The molecule has 1 amide bonds. The molecule has 0 heterocycles. The lowest BCUT2D eigenvalue weighted by Crippen LogP contribution is -2.48.